The monoisotopic (exact) mass is 198 g/mol. The van der Waals surface area contributed by atoms with E-state index in [4.69, 9.17) is 0 Å². The summed E-state index contributed by atoms with van der Waals surface area (Å²) in [6.45, 7) is 5.24. The van der Waals surface area contributed by atoms with Gasteiger partial charge in [0.1, 0.15) is 6.04 Å². The summed E-state index contributed by atoms with van der Waals surface area (Å²) in [6.07, 6.45) is 0.0423. The molecule has 1 unspecified atom stereocenters. The summed E-state index contributed by atoms with van der Waals surface area (Å²) in [5.74, 6) is -0.992. The number of hydrogen-bond acceptors (Lipinski definition) is 3. The maximum Gasteiger partial charge on any atom is 0.249 e. The molecule has 1 aliphatic heterocycles. The molecule has 1 atom stereocenters. The lowest BCUT2D eigenvalue weighted by Gasteiger charge is -2.19. The molecule has 1 heterocycles. The van der Waals surface area contributed by atoms with Gasteiger partial charge in [0.25, 0.3) is 0 Å². The summed E-state index contributed by atoms with van der Waals surface area (Å²) in [5, 5.41) is 4.66. The first-order valence-corrected chi connectivity index (χ1v) is 4.45. The Balaban J connectivity index is 2.58. The predicted molar refractivity (Wildman–Crippen MR) is 49.2 cm³/mol. The van der Waals surface area contributed by atoms with E-state index in [-0.39, 0.29) is 18.2 Å². The summed E-state index contributed by atoms with van der Waals surface area (Å²) in [5.41, 5.74) is -0.550. The quantitative estimate of drug-likeness (QED) is 0.561. The van der Waals surface area contributed by atoms with E-state index in [1.807, 2.05) is 0 Å². The first kappa shape index (κ1) is 10.7. The molecule has 1 saturated heterocycles. The number of carbonyl (C=O) groups excluding carboxylic acids is 3. The minimum Gasteiger partial charge on any atom is -0.343 e. The molecule has 0 aromatic rings. The zero-order valence-electron chi connectivity index (χ0n) is 8.51. The van der Waals surface area contributed by atoms with Gasteiger partial charge in [0.05, 0.1) is 6.42 Å². The minimum atomic E-state index is -0.700. The van der Waals surface area contributed by atoms with E-state index in [0.29, 0.717) is 0 Å². The van der Waals surface area contributed by atoms with E-state index in [1.54, 1.807) is 20.8 Å². The third kappa shape index (κ3) is 2.31. The Morgan fingerprint density at radius 2 is 2.00 bits per heavy atom. The molecule has 0 saturated carbocycles. The third-order valence-electron chi connectivity index (χ3n) is 1.96. The van der Waals surface area contributed by atoms with Gasteiger partial charge in [-0.2, -0.15) is 0 Å². The van der Waals surface area contributed by atoms with Crippen LogP contribution >= 0.6 is 0 Å². The first-order valence-electron chi connectivity index (χ1n) is 4.45. The Morgan fingerprint density at radius 3 is 2.36 bits per heavy atom. The van der Waals surface area contributed by atoms with Gasteiger partial charge < -0.3 is 5.32 Å². The highest BCUT2D eigenvalue weighted by atomic mass is 16.2. The van der Waals surface area contributed by atoms with Crippen LogP contribution in [-0.2, 0) is 14.4 Å². The molecule has 5 heteroatoms. The van der Waals surface area contributed by atoms with Crippen LogP contribution in [0.3, 0.4) is 0 Å². The van der Waals surface area contributed by atoms with E-state index in [1.165, 1.54) is 0 Å². The van der Waals surface area contributed by atoms with Crippen molar-refractivity contribution in [3.8, 4) is 0 Å². The average Bonchev–Trinajstić information content (AvgIpc) is 2.28. The molecule has 0 bridgehead atoms. The smallest absolute Gasteiger partial charge is 0.249 e. The second-order valence-electron chi connectivity index (χ2n) is 4.39. The van der Waals surface area contributed by atoms with Gasteiger partial charge in [-0.3, -0.25) is 19.7 Å². The van der Waals surface area contributed by atoms with Crippen molar-refractivity contribution in [2.24, 2.45) is 5.41 Å². The maximum atomic E-state index is 11.5. The van der Waals surface area contributed by atoms with E-state index >= 15 is 0 Å². The maximum absolute atomic E-state index is 11.5. The second-order valence-corrected chi connectivity index (χ2v) is 4.39. The molecule has 14 heavy (non-hydrogen) atoms. The van der Waals surface area contributed by atoms with Crippen LogP contribution in [-0.4, -0.2) is 23.8 Å². The fourth-order valence-electron chi connectivity index (χ4n) is 1.04. The Morgan fingerprint density at radius 1 is 1.43 bits per heavy atom. The van der Waals surface area contributed by atoms with Crippen LogP contribution in [0.1, 0.15) is 27.2 Å². The summed E-state index contributed by atoms with van der Waals surface area (Å²) < 4.78 is 0. The molecule has 1 rings (SSSR count). The van der Waals surface area contributed by atoms with Gasteiger partial charge in [0.15, 0.2) is 0 Å². The molecule has 2 N–H and O–H groups in total. The molecule has 3 amide bonds. The van der Waals surface area contributed by atoms with Crippen molar-refractivity contribution in [1.82, 2.24) is 10.6 Å². The van der Waals surface area contributed by atoms with Crippen LogP contribution in [0.5, 0.6) is 0 Å². The number of amides is 3. The molecule has 1 fully saturated rings. The lowest BCUT2D eigenvalue weighted by Crippen LogP contribution is -2.45. The van der Waals surface area contributed by atoms with Gasteiger partial charge in [-0.25, -0.2) is 0 Å². The fraction of sp³-hybridized carbons (Fsp3) is 0.667. The van der Waals surface area contributed by atoms with E-state index in [0.717, 1.165) is 0 Å². The molecule has 1 aliphatic rings. The zero-order chi connectivity index (χ0) is 10.9. The topological polar surface area (TPSA) is 75.3 Å². The van der Waals surface area contributed by atoms with Crippen molar-refractivity contribution < 1.29 is 14.4 Å². The predicted octanol–water partition coefficient (Wildman–Crippen LogP) is -0.436. The number of hydrogen-bond donors (Lipinski definition) is 2. The number of nitrogens with one attached hydrogen (secondary N) is 2. The Bertz CT molecular complexity index is 291. The van der Waals surface area contributed by atoms with Crippen molar-refractivity contribution in [2.75, 3.05) is 0 Å². The number of rotatable bonds is 1. The summed E-state index contributed by atoms with van der Waals surface area (Å²) in [7, 11) is 0. The highest BCUT2D eigenvalue weighted by Crippen LogP contribution is 2.14. The van der Waals surface area contributed by atoms with Gasteiger partial charge >= 0.3 is 0 Å². The normalized spacial score (nSPS) is 22.1. The van der Waals surface area contributed by atoms with Crippen molar-refractivity contribution >= 4 is 17.7 Å². The minimum absolute atomic E-state index is 0.0423. The summed E-state index contributed by atoms with van der Waals surface area (Å²) >= 11 is 0. The van der Waals surface area contributed by atoms with Crippen LogP contribution in [0.4, 0.5) is 0 Å². The van der Waals surface area contributed by atoms with Crippen LogP contribution in [0.25, 0.3) is 0 Å². The summed E-state index contributed by atoms with van der Waals surface area (Å²) in [4.78, 5) is 33.4. The lowest BCUT2D eigenvalue weighted by atomic mass is 9.95. The standard InChI is InChI=1S/C9H14N2O3/c1-9(2,3)8(14)10-5-4-6(12)11-7(5)13/h5H,4H2,1-3H3,(H,10,14)(H,11,12,13). The van der Waals surface area contributed by atoms with Crippen LogP contribution in [0.2, 0.25) is 0 Å². The van der Waals surface area contributed by atoms with E-state index in [2.05, 4.69) is 10.6 Å². The largest absolute Gasteiger partial charge is 0.343 e. The van der Waals surface area contributed by atoms with Crippen LogP contribution in [0, 0.1) is 5.41 Å². The first-order chi connectivity index (χ1) is 6.30. The van der Waals surface area contributed by atoms with E-state index in [9.17, 15) is 14.4 Å². The Kier molecular flexibility index (Phi) is 2.59. The fourth-order valence-corrected chi connectivity index (χ4v) is 1.04. The molecule has 78 valence electrons. The molecule has 0 radical (unpaired) electrons. The molecular formula is C9H14N2O3. The van der Waals surface area contributed by atoms with Crippen molar-refractivity contribution in [1.29, 1.82) is 0 Å². The van der Waals surface area contributed by atoms with Crippen molar-refractivity contribution in [3.05, 3.63) is 0 Å². The van der Waals surface area contributed by atoms with Gasteiger partial charge in [0.2, 0.25) is 17.7 Å². The number of carbonyl (C=O) groups is 3. The van der Waals surface area contributed by atoms with Gasteiger partial charge in [0, 0.05) is 5.41 Å². The Labute approximate surface area is 82.2 Å². The van der Waals surface area contributed by atoms with Crippen LogP contribution in [0.15, 0.2) is 0 Å². The molecule has 5 nitrogen and oxygen atoms in total. The van der Waals surface area contributed by atoms with Crippen LogP contribution < -0.4 is 10.6 Å². The van der Waals surface area contributed by atoms with Gasteiger partial charge in [-0.05, 0) is 0 Å². The zero-order valence-corrected chi connectivity index (χ0v) is 8.51. The highest BCUT2D eigenvalue weighted by Gasteiger charge is 2.34. The van der Waals surface area contributed by atoms with Gasteiger partial charge in [-0.15, -0.1) is 0 Å². The molecule has 0 aromatic heterocycles. The molecule has 0 aromatic carbocycles. The molecule has 0 spiro atoms. The third-order valence-corrected chi connectivity index (χ3v) is 1.96. The SMILES string of the molecule is CC(C)(C)C(=O)NC1CC(=O)NC1=O. The molecular weight excluding hydrogens is 184 g/mol. The second kappa shape index (κ2) is 3.40. The Hall–Kier alpha value is -1.39. The number of imide groups is 1. The molecule has 0 aliphatic carbocycles. The van der Waals surface area contributed by atoms with E-state index < -0.39 is 17.4 Å². The lowest BCUT2D eigenvalue weighted by molar-refractivity contribution is -0.132. The highest BCUT2D eigenvalue weighted by molar-refractivity contribution is 6.07. The summed E-state index contributed by atoms with van der Waals surface area (Å²) in [6, 6.07) is -0.700. The van der Waals surface area contributed by atoms with Crippen molar-refractivity contribution in [3.63, 3.8) is 0 Å². The van der Waals surface area contributed by atoms with Crippen molar-refractivity contribution in [2.45, 2.75) is 33.2 Å². The van der Waals surface area contributed by atoms with Gasteiger partial charge in [-0.1, -0.05) is 20.8 Å². The average molecular weight is 198 g/mol.